The molecule has 0 saturated carbocycles. The van der Waals surface area contributed by atoms with Gasteiger partial charge in [-0.25, -0.2) is 4.68 Å². The van der Waals surface area contributed by atoms with Gasteiger partial charge < -0.3 is 14.7 Å². The molecule has 0 fully saturated rings. The van der Waals surface area contributed by atoms with Crippen LogP contribution in [0.3, 0.4) is 0 Å². The summed E-state index contributed by atoms with van der Waals surface area (Å²) in [6.07, 6.45) is 1.74. The van der Waals surface area contributed by atoms with Gasteiger partial charge in [0.05, 0.1) is 18.6 Å². The van der Waals surface area contributed by atoms with Crippen LogP contribution in [0, 0.1) is 18.6 Å². The summed E-state index contributed by atoms with van der Waals surface area (Å²) in [7, 11) is 1.96. The van der Waals surface area contributed by atoms with Crippen molar-refractivity contribution in [3.8, 4) is 11.6 Å². The van der Waals surface area contributed by atoms with Crippen LogP contribution in [0.1, 0.15) is 23.4 Å². The van der Waals surface area contributed by atoms with Crippen molar-refractivity contribution in [2.75, 3.05) is 7.05 Å². The second-order valence-corrected chi connectivity index (χ2v) is 6.77. The minimum atomic E-state index is -0.398. The molecular formula is C17H22N6O3S. The molecule has 3 aromatic heterocycles. The smallest absolute Gasteiger partial charge is 0.219 e. The van der Waals surface area contributed by atoms with E-state index in [9.17, 15) is 4.79 Å². The number of carbonyl (C=O) groups excluding carboxylic acids is 1. The summed E-state index contributed by atoms with van der Waals surface area (Å²) in [6, 6.07) is 3.58. The molecule has 0 unspecified atom stereocenters. The third-order valence-corrected chi connectivity index (χ3v) is 4.66. The fourth-order valence-electron chi connectivity index (χ4n) is 2.82. The van der Waals surface area contributed by atoms with E-state index in [1.165, 1.54) is 0 Å². The van der Waals surface area contributed by atoms with Crippen molar-refractivity contribution in [3.05, 3.63) is 40.2 Å². The van der Waals surface area contributed by atoms with Gasteiger partial charge in [-0.1, -0.05) is 5.16 Å². The number of aromatic nitrogens is 4. The van der Waals surface area contributed by atoms with Gasteiger partial charge in [0.25, 0.3) is 0 Å². The summed E-state index contributed by atoms with van der Waals surface area (Å²) in [5.74, 6) is 1.55. The lowest BCUT2D eigenvalue weighted by atomic mass is 10.2. The minimum Gasteiger partial charge on any atom is -0.461 e. The first-order valence-electron chi connectivity index (χ1n) is 8.47. The van der Waals surface area contributed by atoms with Crippen LogP contribution in [-0.4, -0.2) is 37.4 Å². The van der Waals surface area contributed by atoms with E-state index in [1.54, 1.807) is 27.6 Å². The van der Waals surface area contributed by atoms with Crippen molar-refractivity contribution in [1.82, 2.24) is 24.4 Å². The van der Waals surface area contributed by atoms with E-state index < -0.39 is 5.91 Å². The number of hydrogen-bond donors (Lipinski definition) is 1. The van der Waals surface area contributed by atoms with E-state index in [0.29, 0.717) is 36.1 Å². The Hall–Kier alpha value is -2.72. The number of nitrogens with two attached hydrogens (primary N) is 1. The van der Waals surface area contributed by atoms with Crippen LogP contribution >= 0.6 is 12.2 Å². The van der Waals surface area contributed by atoms with Crippen molar-refractivity contribution in [1.29, 1.82) is 0 Å². The second kappa shape index (κ2) is 7.89. The number of aryl methyl sites for hydroxylation is 2. The lowest BCUT2D eigenvalue weighted by molar-refractivity contribution is -0.118. The van der Waals surface area contributed by atoms with Gasteiger partial charge >= 0.3 is 0 Å². The van der Waals surface area contributed by atoms with Gasteiger partial charge in [0.1, 0.15) is 5.76 Å². The lowest BCUT2D eigenvalue weighted by Crippen LogP contribution is -2.23. The average molecular weight is 390 g/mol. The predicted molar refractivity (Wildman–Crippen MR) is 100 cm³/mol. The molecule has 144 valence electrons. The van der Waals surface area contributed by atoms with E-state index in [-0.39, 0.29) is 6.42 Å². The van der Waals surface area contributed by atoms with E-state index in [4.69, 9.17) is 26.9 Å². The summed E-state index contributed by atoms with van der Waals surface area (Å²) in [5, 5.41) is 8.57. The highest BCUT2D eigenvalue weighted by molar-refractivity contribution is 7.71. The third-order valence-electron chi connectivity index (χ3n) is 4.23. The van der Waals surface area contributed by atoms with Gasteiger partial charge in [0.15, 0.2) is 16.4 Å². The van der Waals surface area contributed by atoms with Crippen LogP contribution < -0.4 is 5.73 Å². The minimum absolute atomic E-state index is 0.169. The molecule has 1 amide bonds. The van der Waals surface area contributed by atoms with Crippen molar-refractivity contribution >= 4 is 18.1 Å². The normalized spacial score (nSPS) is 11.4. The molecule has 0 spiro atoms. The van der Waals surface area contributed by atoms with E-state index in [2.05, 4.69) is 15.2 Å². The Morgan fingerprint density at radius 2 is 2.19 bits per heavy atom. The van der Waals surface area contributed by atoms with Crippen LogP contribution in [0.4, 0.5) is 0 Å². The number of rotatable bonds is 8. The van der Waals surface area contributed by atoms with Crippen molar-refractivity contribution in [2.45, 2.75) is 40.0 Å². The molecule has 27 heavy (non-hydrogen) atoms. The highest BCUT2D eigenvalue weighted by Crippen LogP contribution is 2.20. The van der Waals surface area contributed by atoms with E-state index in [1.807, 2.05) is 20.9 Å². The first kappa shape index (κ1) is 19.1. The molecule has 10 heteroatoms. The van der Waals surface area contributed by atoms with Crippen LogP contribution in [0.25, 0.3) is 11.6 Å². The number of primary amides is 1. The van der Waals surface area contributed by atoms with Crippen LogP contribution in [-0.2, 0) is 24.6 Å². The molecule has 9 nitrogen and oxygen atoms in total. The topological polar surface area (TPSA) is 108 Å². The van der Waals surface area contributed by atoms with Gasteiger partial charge in [0.2, 0.25) is 5.91 Å². The molecule has 0 bridgehead atoms. The van der Waals surface area contributed by atoms with Gasteiger partial charge in [-0.3, -0.25) is 14.3 Å². The molecule has 0 radical (unpaired) electrons. The van der Waals surface area contributed by atoms with Crippen LogP contribution in [0.2, 0.25) is 0 Å². The monoisotopic (exact) mass is 390 g/mol. The standard InChI is InChI=1S/C17H22N6O3S/c1-11-13(12(2)26-20-11)9-21(3)10-23-17(27)22(7-6-15(18)24)16(19-23)14-5-4-8-25-14/h4-5,8H,6-7,9-10H2,1-3H3,(H2,18,24). The maximum atomic E-state index is 11.2. The first-order chi connectivity index (χ1) is 12.9. The summed E-state index contributed by atoms with van der Waals surface area (Å²) in [6.45, 7) is 5.26. The highest BCUT2D eigenvalue weighted by Gasteiger charge is 2.17. The molecule has 2 N–H and O–H groups in total. The molecule has 3 heterocycles. The largest absolute Gasteiger partial charge is 0.461 e. The van der Waals surface area contributed by atoms with Gasteiger partial charge in [-0.15, -0.1) is 5.10 Å². The zero-order chi connectivity index (χ0) is 19.6. The van der Waals surface area contributed by atoms with Gasteiger partial charge in [-0.05, 0) is 45.2 Å². The molecular weight excluding hydrogens is 368 g/mol. The second-order valence-electron chi connectivity index (χ2n) is 6.41. The number of nitrogens with zero attached hydrogens (tertiary/aromatic N) is 5. The SMILES string of the molecule is Cc1noc(C)c1CN(C)Cn1nc(-c2ccco2)n(CCC(N)=O)c1=S. The molecule has 0 aliphatic rings. The molecule has 0 aromatic carbocycles. The Kier molecular flexibility index (Phi) is 5.57. The van der Waals surface area contributed by atoms with Crippen LogP contribution in [0.5, 0.6) is 0 Å². The van der Waals surface area contributed by atoms with E-state index in [0.717, 1.165) is 17.0 Å². The average Bonchev–Trinajstić information content (AvgIpc) is 3.31. The summed E-state index contributed by atoms with van der Waals surface area (Å²) in [5.41, 5.74) is 7.20. The Morgan fingerprint density at radius 3 is 2.78 bits per heavy atom. The number of amides is 1. The highest BCUT2D eigenvalue weighted by atomic mass is 32.1. The maximum Gasteiger partial charge on any atom is 0.219 e. The quantitative estimate of drug-likeness (QED) is 0.588. The fourth-order valence-corrected chi connectivity index (χ4v) is 3.10. The summed E-state index contributed by atoms with van der Waals surface area (Å²) < 4.78 is 14.6. The number of hydrogen-bond acceptors (Lipinski definition) is 7. The van der Waals surface area contributed by atoms with E-state index >= 15 is 0 Å². The molecule has 0 aliphatic heterocycles. The van der Waals surface area contributed by atoms with Gasteiger partial charge in [-0.2, -0.15) is 0 Å². The number of furan rings is 1. The molecule has 3 rings (SSSR count). The summed E-state index contributed by atoms with van der Waals surface area (Å²) >= 11 is 5.57. The van der Waals surface area contributed by atoms with Gasteiger partial charge in [0, 0.05) is 25.1 Å². The van der Waals surface area contributed by atoms with Crippen molar-refractivity contribution < 1.29 is 13.7 Å². The molecule has 3 aromatic rings. The zero-order valence-electron chi connectivity index (χ0n) is 15.5. The predicted octanol–water partition coefficient (Wildman–Crippen LogP) is 2.24. The fraction of sp³-hybridized carbons (Fsp3) is 0.412. The zero-order valence-corrected chi connectivity index (χ0v) is 16.3. The molecule has 0 saturated heterocycles. The maximum absolute atomic E-state index is 11.2. The lowest BCUT2D eigenvalue weighted by Gasteiger charge is -2.16. The first-order valence-corrected chi connectivity index (χ1v) is 8.87. The number of carbonyl (C=O) groups is 1. The van der Waals surface area contributed by atoms with Crippen LogP contribution in [0.15, 0.2) is 27.3 Å². The molecule has 0 aliphatic carbocycles. The van der Waals surface area contributed by atoms with Crippen molar-refractivity contribution in [3.63, 3.8) is 0 Å². The Morgan fingerprint density at radius 1 is 1.41 bits per heavy atom. The molecule has 0 atom stereocenters. The Labute approximate surface area is 161 Å². The third kappa shape index (κ3) is 4.17. The Balaban J connectivity index is 1.86. The summed E-state index contributed by atoms with van der Waals surface area (Å²) in [4.78, 5) is 13.3. The van der Waals surface area contributed by atoms with Crippen molar-refractivity contribution in [2.24, 2.45) is 5.73 Å². The Bertz CT molecular complexity index is 966.